The van der Waals surface area contributed by atoms with Gasteiger partial charge in [-0.25, -0.2) is 9.37 Å². The molecule has 0 aliphatic carbocycles. The SMILES string of the molecule is CC(NC(=O)c1ccc(=O)n(CC(=O)NCc2ccc(F)cc2)c1)c1nc2ccccc2[nH]1. The molecule has 2 aromatic carbocycles. The zero-order valence-electron chi connectivity index (χ0n) is 17.8. The summed E-state index contributed by atoms with van der Waals surface area (Å²) in [5.41, 5.74) is 2.23. The van der Waals surface area contributed by atoms with Crippen LogP contribution in [0.3, 0.4) is 0 Å². The number of carbonyl (C=O) groups is 2. The van der Waals surface area contributed by atoms with Gasteiger partial charge in [0.15, 0.2) is 0 Å². The second-order valence-corrected chi connectivity index (χ2v) is 7.62. The quantitative estimate of drug-likeness (QED) is 0.405. The predicted octanol–water partition coefficient (Wildman–Crippen LogP) is 2.67. The summed E-state index contributed by atoms with van der Waals surface area (Å²) in [6.07, 6.45) is 1.35. The minimum Gasteiger partial charge on any atom is -0.350 e. The van der Waals surface area contributed by atoms with Crippen molar-refractivity contribution in [1.29, 1.82) is 0 Å². The summed E-state index contributed by atoms with van der Waals surface area (Å²) in [5, 5.41) is 5.52. The summed E-state index contributed by atoms with van der Waals surface area (Å²) in [7, 11) is 0. The maximum absolute atomic E-state index is 13.0. The molecule has 168 valence electrons. The van der Waals surface area contributed by atoms with Gasteiger partial charge in [0.25, 0.3) is 11.5 Å². The molecule has 9 heteroatoms. The van der Waals surface area contributed by atoms with Crippen molar-refractivity contribution in [3.63, 3.8) is 0 Å². The second kappa shape index (κ2) is 9.47. The number of carbonyl (C=O) groups excluding carboxylic acids is 2. The van der Waals surface area contributed by atoms with Gasteiger partial charge in [-0.15, -0.1) is 0 Å². The third kappa shape index (κ3) is 5.32. The van der Waals surface area contributed by atoms with Gasteiger partial charge >= 0.3 is 0 Å². The van der Waals surface area contributed by atoms with Crippen molar-refractivity contribution in [3.05, 3.63) is 100.0 Å². The molecule has 2 heterocycles. The number of imidazole rings is 1. The fourth-order valence-corrected chi connectivity index (χ4v) is 3.33. The highest BCUT2D eigenvalue weighted by Gasteiger charge is 2.16. The maximum Gasteiger partial charge on any atom is 0.253 e. The second-order valence-electron chi connectivity index (χ2n) is 7.62. The molecule has 0 radical (unpaired) electrons. The first-order valence-electron chi connectivity index (χ1n) is 10.4. The Bertz CT molecular complexity index is 1330. The van der Waals surface area contributed by atoms with Crippen LogP contribution in [0.5, 0.6) is 0 Å². The van der Waals surface area contributed by atoms with Crippen molar-refractivity contribution in [1.82, 2.24) is 25.2 Å². The number of nitrogens with zero attached hydrogens (tertiary/aromatic N) is 2. The molecule has 0 saturated heterocycles. The molecule has 0 spiro atoms. The Labute approximate surface area is 188 Å². The highest BCUT2D eigenvalue weighted by atomic mass is 19.1. The summed E-state index contributed by atoms with van der Waals surface area (Å²) in [6.45, 7) is 1.75. The average Bonchev–Trinajstić information content (AvgIpc) is 3.25. The molecule has 0 bridgehead atoms. The predicted molar refractivity (Wildman–Crippen MR) is 121 cm³/mol. The zero-order chi connectivity index (χ0) is 23.4. The van der Waals surface area contributed by atoms with Crippen molar-refractivity contribution < 1.29 is 14.0 Å². The van der Waals surface area contributed by atoms with E-state index in [1.54, 1.807) is 19.1 Å². The first-order valence-corrected chi connectivity index (χ1v) is 10.4. The van der Waals surface area contributed by atoms with Gasteiger partial charge in [-0.2, -0.15) is 0 Å². The smallest absolute Gasteiger partial charge is 0.253 e. The van der Waals surface area contributed by atoms with Gasteiger partial charge in [-0.1, -0.05) is 24.3 Å². The van der Waals surface area contributed by atoms with Gasteiger partial charge in [0.2, 0.25) is 5.91 Å². The molecular weight excluding hydrogens is 425 g/mol. The number of halogens is 1. The van der Waals surface area contributed by atoms with Crippen LogP contribution in [0.4, 0.5) is 4.39 Å². The van der Waals surface area contributed by atoms with E-state index in [9.17, 15) is 18.8 Å². The summed E-state index contributed by atoms with van der Waals surface area (Å²) >= 11 is 0. The largest absolute Gasteiger partial charge is 0.350 e. The molecule has 4 rings (SSSR count). The van der Waals surface area contributed by atoms with E-state index in [1.165, 1.54) is 35.0 Å². The number of fused-ring (bicyclic) bond motifs is 1. The molecule has 0 fully saturated rings. The number of amides is 2. The van der Waals surface area contributed by atoms with Crippen LogP contribution in [-0.4, -0.2) is 26.3 Å². The lowest BCUT2D eigenvalue weighted by molar-refractivity contribution is -0.121. The van der Waals surface area contributed by atoms with Crippen LogP contribution in [0.1, 0.15) is 34.7 Å². The number of para-hydroxylation sites is 2. The lowest BCUT2D eigenvalue weighted by atomic mass is 10.2. The molecule has 4 aromatic rings. The summed E-state index contributed by atoms with van der Waals surface area (Å²) in [4.78, 5) is 44.8. The minimum atomic E-state index is -0.409. The van der Waals surface area contributed by atoms with E-state index in [0.29, 0.717) is 5.82 Å². The number of H-pyrrole nitrogens is 1. The first-order chi connectivity index (χ1) is 15.9. The fourth-order valence-electron chi connectivity index (χ4n) is 3.33. The number of rotatable bonds is 7. The van der Waals surface area contributed by atoms with Crippen LogP contribution in [0, 0.1) is 5.82 Å². The van der Waals surface area contributed by atoms with E-state index >= 15 is 0 Å². The Morgan fingerprint density at radius 2 is 1.85 bits per heavy atom. The number of aromatic nitrogens is 3. The van der Waals surface area contributed by atoms with Crippen LogP contribution in [0.15, 0.2) is 71.7 Å². The van der Waals surface area contributed by atoms with Crippen LogP contribution in [0.25, 0.3) is 11.0 Å². The Hall–Kier alpha value is -4.27. The van der Waals surface area contributed by atoms with E-state index in [2.05, 4.69) is 20.6 Å². The molecule has 1 atom stereocenters. The topological polar surface area (TPSA) is 109 Å². The number of hydrogen-bond acceptors (Lipinski definition) is 4. The molecule has 2 aromatic heterocycles. The Kier molecular flexibility index (Phi) is 6.30. The average molecular weight is 447 g/mol. The number of pyridine rings is 1. The Balaban J connectivity index is 1.40. The lowest BCUT2D eigenvalue weighted by Crippen LogP contribution is -2.33. The Morgan fingerprint density at radius 3 is 2.61 bits per heavy atom. The van der Waals surface area contributed by atoms with Crippen molar-refractivity contribution in [2.75, 3.05) is 0 Å². The zero-order valence-corrected chi connectivity index (χ0v) is 17.8. The van der Waals surface area contributed by atoms with Crippen LogP contribution >= 0.6 is 0 Å². The summed E-state index contributed by atoms with van der Waals surface area (Å²) in [5.74, 6) is -0.558. The molecule has 0 aliphatic heterocycles. The Morgan fingerprint density at radius 1 is 1.09 bits per heavy atom. The first kappa shape index (κ1) is 21.9. The van der Waals surface area contributed by atoms with E-state index in [4.69, 9.17) is 0 Å². The van der Waals surface area contributed by atoms with Crippen molar-refractivity contribution in [2.45, 2.75) is 26.1 Å². The molecule has 3 N–H and O–H groups in total. The van der Waals surface area contributed by atoms with Gasteiger partial charge in [-0.3, -0.25) is 14.4 Å². The monoisotopic (exact) mass is 447 g/mol. The highest BCUT2D eigenvalue weighted by Crippen LogP contribution is 2.16. The van der Waals surface area contributed by atoms with E-state index in [1.807, 2.05) is 24.3 Å². The van der Waals surface area contributed by atoms with Crippen molar-refractivity contribution >= 4 is 22.8 Å². The van der Waals surface area contributed by atoms with Gasteiger partial charge in [0.1, 0.15) is 18.2 Å². The summed E-state index contributed by atoms with van der Waals surface area (Å²) < 4.78 is 14.1. The van der Waals surface area contributed by atoms with Gasteiger partial charge in [-0.05, 0) is 42.8 Å². The number of nitrogens with one attached hydrogen (secondary N) is 3. The number of hydrogen-bond donors (Lipinski definition) is 3. The van der Waals surface area contributed by atoms with Crippen molar-refractivity contribution in [3.8, 4) is 0 Å². The van der Waals surface area contributed by atoms with Gasteiger partial charge in [0.05, 0.1) is 22.6 Å². The third-order valence-corrected chi connectivity index (χ3v) is 5.13. The molecule has 0 saturated carbocycles. The molecule has 33 heavy (non-hydrogen) atoms. The maximum atomic E-state index is 13.0. The van der Waals surface area contributed by atoms with E-state index in [0.717, 1.165) is 16.6 Å². The highest BCUT2D eigenvalue weighted by molar-refractivity contribution is 5.94. The molecule has 1 unspecified atom stereocenters. The molecular formula is C24H22FN5O3. The minimum absolute atomic E-state index is 0.197. The standard InChI is InChI=1S/C24H22FN5O3/c1-15(23-28-19-4-2-3-5-20(19)29-23)27-24(33)17-8-11-22(32)30(13-17)14-21(31)26-12-16-6-9-18(25)10-7-16/h2-11,13,15H,12,14H2,1H3,(H,26,31)(H,27,33)(H,28,29). The normalized spacial score (nSPS) is 11.8. The summed E-state index contributed by atoms with van der Waals surface area (Å²) in [6, 6.07) is 15.6. The fraction of sp³-hybridized carbons (Fsp3) is 0.167. The van der Waals surface area contributed by atoms with E-state index < -0.39 is 23.4 Å². The van der Waals surface area contributed by atoms with Gasteiger partial charge in [0, 0.05) is 18.8 Å². The molecule has 0 aliphatic rings. The number of aromatic amines is 1. The third-order valence-electron chi connectivity index (χ3n) is 5.13. The molecule has 2 amide bonds. The van der Waals surface area contributed by atoms with Crippen LogP contribution in [-0.2, 0) is 17.9 Å². The van der Waals surface area contributed by atoms with Crippen LogP contribution in [0.2, 0.25) is 0 Å². The lowest BCUT2D eigenvalue weighted by Gasteiger charge is -2.13. The van der Waals surface area contributed by atoms with E-state index in [-0.39, 0.29) is 24.5 Å². The van der Waals surface area contributed by atoms with Gasteiger partial charge < -0.3 is 20.2 Å². The number of benzene rings is 2. The van der Waals surface area contributed by atoms with Crippen LogP contribution < -0.4 is 16.2 Å². The molecule has 8 nitrogen and oxygen atoms in total. The van der Waals surface area contributed by atoms with Crippen molar-refractivity contribution in [2.24, 2.45) is 0 Å².